The molecule has 14 heavy (non-hydrogen) atoms. The molecule has 2 nitrogen and oxygen atoms in total. The van der Waals surface area contributed by atoms with E-state index in [0.29, 0.717) is 11.6 Å². The molecular formula is C11H10ClNO. The van der Waals surface area contributed by atoms with Crippen LogP contribution in [0.5, 0.6) is 5.75 Å². The molecule has 1 aliphatic heterocycles. The molecule has 0 aromatic heterocycles. The highest BCUT2D eigenvalue weighted by atomic mass is 35.5. The molecule has 0 bridgehead atoms. The summed E-state index contributed by atoms with van der Waals surface area (Å²) < 4.78 is 5.53. The molecule has 1 heterocycles. The average molecular weight is 208 g/mol. The van der Waals surface area contributed by atoms with Crippen LogP contribution < -0.4 is 4.74 Å². The van der Waals surface area contributed by atoms with E-state index in [1.54, 1.807) is 6.07 Å². The minimum atomic E-state index is -0.0776. The minimum absolute atomic E-state index is 0.0776. The first-order valence-corrected chi connectivity index (χ1v) is 5.01. The number of benzene rings is 1. The Morgan fingerprint density at radius 1 is 1.50 bits per heavy atom. The van der Waals surface area contributed by atoms with E-state index in [9.17, 15) is 0 Å². The van der Waals surface area contributed by atoms with Crippen LogP contribution in [-0.4, -0.2) is 6.61 Å². The van der Waals surface area contributed by atoms with E-state index in [1.807, 2.05) is 12.1 Å². The van der Waals surface area contributed by atoms with Crippen molar-refractivity contribution >= 4 is 11.6 Å². The van der Waals surface area contributed by atoms with Gasteiger partial charge in [-0.1, -0.05) is 11.6 Å². The van der Waals surface area contributed by atoms with Gasteiger partial charge in [-0.3, -0.25) is 0 Å². The van der Waals surface area contributed by atoms with Crippen LogP contribution in [0.3, 0.4) is 0 Å². The van der Waals surface area contributed by atoms with Crippen LogP contribution in [0.2, 0.25) is 5.02 Å². The van der Waals surface area contributed by atoms with Crippen LogP contribution in [-0.2, 0) is 0 Å². The molecule has 0 radical (unpaired) electrons. The topological polar surface area (TPSA) is 33.0 Å². The standard InChI is InChI=1S/C11H10ClNO/c12-9-3-4-11-10(6-9)8(7-13)2-1-5-14-11/h3-4,6,8H,1-2,5H2. The lowest BCUT2D eigenvalue weighted by Crippen LogP contribution is -1.95. The summed E-state index contributed by atoms with van der Waals surface area (Å²) in [6.07, 6.45) is 1.77. The molecule has 0 N–H and O–H groups in total. The van der Waals surface area contributed by atoms with Crippen molar-refractivity contribution < 1.29 is 4.74 Å². The first-order valence-electron chi connectivity index (χ1n) is 4.63. The van der Waals surface area contributed by atoms with Crippen molar-refractivity contribution in [1.29, 1.82) is 5.26 Å². The summed E-state index contributed by atoms with van der Waals surface area (Å²) in [5, 5.41) is 9.67. The molecule has 1 unspecified atom stereocenters. The summed E-state index contributed by atoms with van der Waals surface area (Å²) >= 11 is 5.89. The average Bonchev–Trinajstić information content (AvgIpc) is 2.39. The zero-order valence-corrected chi connectivity index (χ0v) is 8.42. The molecule has 0 aliphatic carbocycles. The van der Waals surface area contributed by atoms with Gasteiger partial charge in [-0.2, -0.15) is 5.26 Å². The maximum Gasteiger partial charge on any atom is 0.123 e. The molecule has 0 fully saturated rings. The maximum atomic E-state index is 9.01. The van der Waals surface area contributed by atoms with E-state index in [1.165, 1.54) is 0 Å². The normalized spacial score (nSPS) is 20.1. The lowest BCUT2D eigenvalue weighted by molar-refractivity contribution is 0.316. The third-order valence-electron chi connectivity index (χ3n) is 2.40. The Hall–Kier alpha value is -1.20. The molecule has 1 aromatic carbocycles. The van der Waals surface area contributed by atoms with Crippen molar-refractivity contribution in [1.82, 2.24) is 0 Å². The summed E-state index contributed by atoms with van der Waals surface area (Å²) in [6, 6.07) is 7.75. The molecule has 0 saturated heterocycles. The molecule has 1 aromatic rings. The Morgan fingerprint density at radius 2 is 2.36 bits per heavy atom. The Morgan fingerprint density at radius 3 is 3.14 bits per heavy atom. The Balaban J connectivity index is 2.47. The smallest absolute Gasteiger partial charge is 0.123 e. The van der Waals surface area contributed by atoms with Crippen molar-refractivity contribution in [3.8, 4) is 11.8 Å². The van der Waals surface area contributed by atoms with Gasteiger partial charge in [0, 0.05) is 10.6 Å². The quantitative estimate of drug-likeness (QED) is 0.655. The van der Waals surface area contributed by atoms with Gasteiger partial charge in [0.05, 0.1) is 18.6 Å². The van der Waals surface area contributed by atoms with E-state index in [-0.39, 0.29) is 5.92 Å². The van der Waals surface area contributed by atoms with Crippen LogP contribution in [0.4, 0.5) is 0 Å². The highest BCUT2D eigenvalue weighted by Crippen LogP contribution is 2.34. The Kier molecular flexibility index (Phi) is 2.60. The van der Waals surface area contributed by atoms with Crippen LogP contribution in [0.25, 0.3) is 0 Å². The van der Waals surface area contributed by atoms with Crippen molar-refractivity contribution in [3.63, 3.8) is 0 Å². The summed E-state index contributed by atoms with van der Waals surface area (Å²) in [4.78, 5) is 0. The van der Waals surface area contributed by atoms with Gasteiger partial charge in [0.15, 0.2) is 0 Å². The number of rotatable bonds is 0. The number of hydrogen-bond acceptors (Lipinski definition) is 2. The van der Waals surface area contributed by atoms with Gasteiger partial charge >= 0.3 is 0 Å². The van der Waals surface area contributed by atoms with Crippen molar-refractivity contribution in [2.24, 2.45) is 0 Å². The molecule has 0 spiro atoms. The first-order chi connectivity index (χ1) is 6.81. The van der Waals surface area contributed by atoms with Crippen LogP contribution in [0.15, 0.2) is 18.2 Å². The van der Waals surface area contributed by atoms with Crippen molar-refractivity contribution in [3.05, 3.63) is 28.8 Å². The van der Waals surface area contributed by atoms with E-state index < -0.39 is 0 Å². The van der Waals surface area contributed by atoms with E-state index >= 15 is 0 Å². The third kappa shape index (κ3) is 1.69. The monoisotopic (exact) mass is 207 g/mol. The van der Waals surface area contributed by atoms with Gasteiger partial charge in [-0.05, 0) is 31.0 Å². The summed E-state index contributed by atoms with van der Waals surface area (Å²) in [7, 11) is 0. The van der Waals surface area contributed by atoms with Crippen LogP contribution in [0.1, 0.15) is 24.3 Å². The third-order valence-corrected chi connectivity index (χ3v) is 2.63. The predicted molar refractivity (Wildman–Crippen MR) is 54.5 cm³/mol. The zero-order valence-electron chi connectivity index (χ0n) is 7.66. The second-order valence-electron chi connectivity index (χ2n) is 3.35. The molecule has 1 aliphatic rings. The molecule has 72 valence electrons. The number of nitriles is 1. The largest absolute Gasteiger partial charge is 0.493 e. The number of halogens is 1. The molecule has 3 heteroatoms. The summed E-state index contributed by atoms with van der Waals surface area (Å²) in [5.41, 5.74) is 0.928. The van der Waals surface area contributed by atoms with E-state index in [2.05, 4.69) is 6.07 Å². The predicted octanol–water partition coefficient (Wildman–Crippen LogP) is 3.12. The van der Waals surface area contributed by atoms with Crippen LogP contribution >= 0.6 is 11.6 Å². The second-order valence-corrected chi connectivity index (χ2v) is 3.79. The lowest BCUT2D eigenvalue weighted by Gasteiger charge is -2.09. The second kappa shape index (κ2) is 3.89. The summed E-state index contributed by atoms with van der Waals surface area (Å²) in [5.74, 6) is 0.727. The van der Waals surface area contributed by atoms with Crippen LogP contribution in [0, 0.1) is 11.3 Å². The van der Waals surface area contributed by atoms with Gasteiger partial charge in [0.25, 0.3) is 0 Å². The zero-order chi connectivity index (χ0) is 9.97. The summed E-state index contributed by atoms with van der Waals surface area (Å²) in [6.45, 7) is 0.687. The fraction of sp³-hybridized carbons (Fsp3) is 0.364. The molecule has 0 amide bonds. The maximum absolute atomic E-state index is 9.01. The fourth-order valence-electron chi connectivity index (χ4n) is 1.68. The highest BCUT2D eigenvalue weighted by molar-refractivity contribution is 6.30. The molecular weight excluding hydrogens is 198 g/mol. The van der Waals surface area contributed by atoms with E-state index in [4.69, 9.17) is 21.6 Å². The van der Waals surface area contributed by atoms with Crippen molar-refractivity contribution in [2.45, 2.75) is 18.8 Å². The van der Waals surface area contributed by atoms with Gasteiger partial charge < -0.3 is 4.74 Å². The molecule has 1 atom stereocenters. The van der Waals surface area contributed by atoms with Gasteiger partial charge in [0.2, 0.25) is 0 Å². The lowest BCUT2D eigenvalue weighted by atomic mass is 9.96. The minimum Gasteiger partial charge on any atom is -0.493 e. The van der Waals surface area contributed by atoms with Gasteiger partial charge in [-0.25, -0.2) is 0 Å². The van der Waals surface area contributed by atoms with Gasteiger partial charge in [0.1, 0.15) is 5.75 Å². The SMILES string of the molecule is N#CC1CCCOc2ccc(Cl)cc21. The Labute approximate surface area is 88.1 Å². The van der Waals surface area contributed by atoms with E-state index in [0.717, 1.165) is 24.2 Å². The number of hydrogen-bond donors (Lipinski definition) is 0. The van der Waals surface area contributed by atoms with Crippen molar-refractivity contribution in [2.75, 3.05) is 6.61 Å². The first kappa shape index (κ1) is 9.36. The van der Waals surface area contributed by atoms with Gasteiger partial charge in [-0.15, -0.1) is 0 Å². The molecule has 2 rings (SSSR count). The Bertz CT molecular complexity index is 383. The fourth-order valence-corrected chi connectivity index (χ4v) is 1.86. The number of fused-ring (bicyclic) bond motifs is 1. The highest BCUT2D eigenvalue weighted by Gasteiger charge is 2.19. The number of ether oxygens (including phenoxy) is 1. The number of nitrogens with zero attached hydrogens (tertiary/aromatic N) is 1. The molecule has 0 saturated carbocycles.